The van der Waals surface area contributed by atoms with Crippen molar-refractivity contribution in [2.24, 2.45) is 0 Å². The van der Waals surface area contributed by atoms with Gasteiger partial charge in [0.25, 0.3) is 0 Å². The molecule has 7 heteroatoms. The zero-order valence-electron chi connectivity index (χ0n) is 8.35. The summed E-state index contributed by atoms with van der Waals surface area (Å²) in [4.78, 5) is 0. The normalized spacial score (nSPS) is 16.9. The molecule has 0 N–H and O–H groups in total. The van der Waals surface area contributed by atoms with E-state index in [2.05, 4.69) is 10.2 Å². The van der Waals surface area contributed by atoms with Gasteiger partial charge >= 0.3 is 0 Å². The summed E-state index contributed by atoms with van der Waals surface area (Å²) in [6, 6.07) is 0.352. The standard InChI is InChI=1S/C8H12ClN3O2S/c1-15(13,14)5-8-11-10-7(4-9)12(8)6-2-3-6/h6H,2-5H2,1H3. The second kappa shape index (κ2) is 3.75. The molecule has 0 spiro atoms. The van der Waals surface area contributed by atoms with Gasteiger partial charge in [0, 0.05) is 12.3 Å². The van der Waals surface area contributed by atoms with E-state index in [1.165, 1.54) is 6.26 Å². The molecule has 5 nitrogen and oxygen atoms in total. The average Bonchev–Trinajstić information content (AvgIpc) is 2.87. The first-order valence-electron chi connectivity index (χ1n) is 4.67. The second-order valence-electron chi connectivity index (χ2n) is 3.84. The van der Waals surface area contributed by atoms with Crippen LogP contribution in [0, 0.1) is 0 Å². The third-order valence-corrected chi connectivity index (χ3v) is 3.28. The molecule has 0 unspecified atom stereocenters. The Bertz CT molecular complexity index is 464. The van der Waals surface area contributed by atoms with E-state index < -0.39 is 9.84 Å². The van der Waals surface area contributed by atoms with E-state index in [1.54, 1.807) is 0 Å². The summed E-state index contributed by atoms with van der Waals surface area (Å²) < 4.78 is 24.2. The van der Waals surface area contributed by atoms with Crippen molar-refractivity contribution >= 4 is 21.4 Å². The second-order valence-corrected chi connectivity index (χ2v) is 6.24. The quantitative estimate of drug-likeness (QED) is 0.744. The summed E-state index contributed by atoms with van der Waals surface area (Å²) in [5, 5.41) is 7.78. The van der Waals surface area contributed by atoms with Gasteiger partial charge in [-0.05, 0) is 12.8 Å². The number of halogens is 1. The molecule has 15 heavy (non-hydrogen) atoms. The van der Waals surface area contributed by atoms with Crippen LogP contribution in [0.15, 0.2) is 0 Å². The van der Waals surface area contributed by atoms with E-state index in [9.17, 15) is 8.42 Å². The van der Waals surface area contributed by atoms with Crippen LogP contribution in [0.25, 0.3) is 0 Å². The molecule has 1 aromatic rings. The van der Waals surface area contributed by atoms with Gasteiger partial charge in [-0.15, -0.1) is 21.8 Å². The number of rotatable bonds is 4. The highest BCUT2D eigenvalue weighted by molar-refractivity contribution is 7.89. The van der Waals surface area contributed by atoms with Gasteiger partial charge in [0.05, 0.1) is 5.88 Å². The molecular formula is C8H12ClN3O2S. The van der Waals surface area contributed by atoms with Gasteiger partial charge in [-0.25, -0.2) is 8.42 Å². The maximum absolute atomic E-state index is 11.2. The molecule has 2 rings (SSSR count). The fourth-order valence-electron chi connectivity index (χ4n) is 1.54. The first-order valence-corrected chi connectivity index (χ1v) is 7.27. The van der Waals surface area contributed by atoms with Crippen molar-refractivity contribution in [2.45, 2.75) is 30.5 Å². The number of alkyl halides is 1. The molecule has 0 aliphatic heterocycles. The summed E-state index contributed by atoms with van der Waals surface area (Å²) in [5.41, 5.74) is 0. The number of nitrogens with zero attached hydrogens (tertiary/aromatic N) is 3. The smallest absolute Gasteiger partial charge is 0.154 e. The van der Waals surface area contributed by atoms with Crippen molar-refractivity contribution in [3.63, 3.8) is 0 Å². The van der Waals surface area contributed by atoms with Crippen LogP contribution < -0.4 is 0 Å². The predicted molar refractivity (Wildman–Crippen MR) is 56.4 cm³/mol. The van der Waals surface area contributed by atoms with Gasteiger partial charge in [-0.1, -0.05) is 0 Å². The minimum absolute atomic E-state index is 0.0621. The molecule has 0 saturated heterocycles. The van der Waals surface area contributed by atoms with E-state index in [0.29, 0.717) is 17.7 Å². The van der Waals surface area contributed by atoms with Crippen LogP contribution in [0.1, 0.15) is 30.5 Å². The maximum Gasteiger partial charge on any atom is 0.154 e. The molecule has 1 fully saturated rings. The number of sulfone groups is 1. The Morgan fingerprint density at radius 3 is 2.47 bits per heavy atom. The first-order chi connectivity index (χ1) is 7.01. The van der Waals surface area contributed by atoms with Crippen molar-refractivity contribution in [1.82, 2.24) is 14.8 Å². The molecule has 1 heterocycles. The summed E-state index contributed by atoms with van der Waals surface area (Å²) >= 11 is 5.72. The highest BCUT2D eigenvalue weighted by Gasteiger charge is 2.29. The zero-order chi connectivity index (χ0) is 11.1. The van der Waals surface area contributed by atoms with Crippen LogP contribution in [0.3, 0.4) is 0 Å². The van der Waals surface area contributed by atoms with Gasteiger partial charge in [0.2, 0.25) is 0 Å². The molecular weight excluding hydrogens is 238 g/mol. The molecule has 1 aliphatic carbocycles. The topological polar surface area (TPSA) is 64.8 Å². The van der Waals surface area contributed by atoms with Gasteiger partial charge in [0.15, 0.2) is 9.84 Å². The minimum atomic E-state index is -3.07. The van der Waals surface area contributed by atoms with Crippen LogP contribution in [0.4, 0.5) is 0 Å². The monoisotopic (exact) mass is 249 g/mol. The summed E-state index contributed by atoms with van der Waals surface area (Å²) in [6.45, 7) is 0. The Kier molecular flexibility index (Phi) is 2.72. The molecule has 0 aromatic carbocycles. The molecule has 84 valence electrons. The lowest BCUT2D eigenvalue weighted by atomic mass is 10.5. The number of hydrogen-bond acceptors (Lipinski definition) is 4. The molecule has 1 saturated carbocycles. The third kappa shape index (κ3) is 2.49. The van der Waals surface area contributed by atoms with E-state index in [4.69, 9.17) is 11.6 Å². The number of hydrogen-bond donors (Lipinski definition) is 0. The minimum Gasteiger partial charge on any atom is -0.310 e. The van der Waals surface area contributed by atoms with Crippen molar-refractivity contribution < 1.29 is 8.42 Å². The lowest BCUT2D eigenvalue weighted by Crippen LogP contribution is -2.10. The lowest BCUT2D eigenvalue weighted by molar-refractivity contribution is 0.595. The van der Waals surface area contributed by atoms with E-state index in [-0.39, 0.29) is 11.6 Å². The molecule has 0 bridgehead atoms. The average molecular weight is 250 g/mol. The largest absolute Gasteiger partial charge is 0.310 e. The van der Waals surface area contributed by atoms with Gasteiger partial charge in [-0.2, -0.15) is 0 Å². The van der Waals surface area contributed by atoms with Crippen LogP contribution in [0.5, 0.6) is 0 Å². The fourth-order valence-corrected chi connectivity index (χ4v) is 2.39. The number of aromatic nitrogens is 3. The summed E-state index contributed by atoms with van der Waals surface area (Å²) in [5.74, 6) is 1.38. The highest BCUT2D eigenvalue weighted by atomic mass is 35.5. The maximum atomic E-state index is 11.2. The van der Waals surface area contributed by atoms with Gasteiger partial charge in [-0.3, -0.25) is 0 Å². The SMILES string of the molecule is CS(=O)(=O)Cc1nnc(CCl)n1C1CC1. The molecule has 1 aromatic heterocycles. The van der Waals surface area contributed by atoms with E-state index in [1.807, 2.05) is 4.57 Å². The molecule has 1 aliphatic rings. The summed E-state index contributed by atoms with van der Waals surface area (Å²) in [7, 11) is -3.07. The summed E-state index contributed by atoms with van der Waals surface area (Å²) in [6.07, 6.45) is 3.30. The zero-order valence-corrected chi connectivity index (χ0v) is 9.92. The van der Waals surface area contributed by atoms with Crippen LogP contribution in [0.2, 0.25) is 0 Å². The van der Waals surface area contributed by atoms with Crippen LogP contribution in [-0.4, -0.2) is 29.4 Å². The molecule has 0 amide bonds. The van der Waals surface area contributed by atoms with E-state index >= 15 is 0 Å². The van der Waals surface area contributed by atoms with Gasteiger partial charge in [0.1, 0.15) is 17.4 Å². The van der Waals surface area contributed by atoms with Crippen LogP contribution in [-0.2, 0) is 21.5 Å². The highest BCUT2D eigenvalue weighted by Crippen LogP contribution is 2.37. The fraction of sp³-hybridized carbons (Fsp3) is 0.750. The van der Waals surface area contributed by atoms with Crippen molar-refractivity contribution in [3.05, 3.63) is 11.6 Å². The van der Waals surface area contributed by atoms with Gasteiger partial charge < -0.3 is 4.57 Å². The van der Waals surface area contributed by atoms with Crippen LogP contribution >= 0.6 is 11.6 Å². The first kappa shape index (κ1) is 10.9. The Labute approximate surface area is 93.4 Å². The van der Waals surface area contributed by atoms with Crippen molar-refractivity contribution in [1.29, 1.82) is 0 Å². The Morgan fingerprint density at radius 1 is 1.40 bits per heavy atom. The third-order valence-electron chi connectivity index (χ3n) is 2.26. The van der Waals surface area contributed by atoms with Crippen molar-refractivity contribution in [3.8, 4) is 0 Å². The Balaban J connectivity index is 2.34. The van der Waals surface area contributed by atoms with Crippen molar-refractivity contribution in [2.75, 3.05) is 6.26 Å². The molecule has 0 atom stereocenters. The lowest BCUT2D eigenvalue weighted by Gasteiger charge is -2.06. The predicted octanol–water partition coefficient (Wildman–Crippen LogP) is 0.896. The Morgan fingerprint density at radius 2 is 2.00 bits per heavy atom. The van der Waals surface area contributed by atoms with E-state index in [0.717, 1.165) is 12.8 Å². The molecule has 0 radical (unpaired) electrons. The Hall–Kier alpha value is -0.620.